The molecule has 2 nitrogen and oxygen atoms in total. The van der Waals surface area contributed by atoms with Crippen molar-refractivity contribution >= 4 is 0 Å². The maximum absolute atomic E-state index is 3.93. The molecule has 0 radical (unpaired) electrons. The van der Waals surface area contributed by atoms with E-state index in [2.05, 4.69) is 17.2 Å². The molecule has 0 aliphatic carbocycles. The van der Waals surface area contributed by atoms with Crippen LogP contribution in [0.25, 0.3) is 0 Å². The molecule has 0 unspecified atom stereocenters. The van der Waals surface area contributed by atoms with Crippen molar-refractivity contribution in [3.8, 4) is 0 Å². The van der Waals surface area contributed by atoms with E-state index in [-0.39, 0.29) is 0 Å². The Kier molecular flexibility index (Phi) is 6.29. The molecule has 1 heterocycles. The maximum Gasteiger partial charge on any atom is 0.0290 e. The fourth-order valence-electron chi connectivity index (χ4n) is 0.819. The molecule has 0 bridgehead atoms. The van der Waals surface area contributed by atoms with Gasteiger partial charge in [-0.25, -0.2) is 0 Å². The number of hydrogen-bond donors (Lipinski definition) is 1. The Hall–Kier alpha value is -0.890. The first kappa shape index (κ1) is 11.1. The first-order chi connectivity index (χ1) is 5.84. The van der Waals surface area contributed by atoms with Crippen LogP contribution in [0.5, 0.6) is 0 Å². The molecular weight excluding hydrogens is 148 g/mol. The van der Waals surface area contributed by atoms with E-state index in [0.29, 0.717) is 6.04 Å². The molecular formula is C10H18N2. The monoisotopic (exact) mass is 166 g/mol. The lowest BCUT2D eigenvalue weighted by atomic mass is 10.1. The molecule has 1 N–H and O–H groups in total. The van der Waals surface area contributed by atoms with Crippen molar-refractivity contribution in [2.24, 2.45) is 0 Å². The zero-order chi connectivity index (χ0) is 9.40. The van der Waals surface area contributed by atoms with Crippen LogP contribution in [-0.4, -0.2) is 12.0 Å². The SMILES string of the molecule is CC.CN[C@@H](C)c1ccncc1. The average molecular weight is 166 g/mol. The van der Waals surface area contributed by atoms with Crippen LogP contribution < -0.4 is 5.32 Å². The Morgan fingerprint density at radius 1 is 1.25 bits per heavy atom. The first-order valence-corrected chi connectivity index (χ1v) is 4.42. The van der Waals surface area contributed by atoms with Crippen LogP contribution >= 0.6 is 0 Å². The standard InChI is InChI=1S/C8H12N2.C2H6/c1-7(9-2)8-3-5-10-6-4-8;1-2/h3-7,9H,1-2H3;1-2H3/t7-;/m0./s1. The van der Waals surface area contributed by atoms with Crippen LogP contribution in [0.2, 0.25) is 0 Å². The summed E-state index contributed by atoms with van der Waals surface area (Å²) in [5, 5.41) is 3.15. The van der Waals surface area contributed by atoms with E-state index < -0.39 is 0 Å². The summed E-state index contributed by atoms with van der Waals surface area (Å²) in [6.07, 6.45) is 3.62. The van der Waals surface area contributed by atoms with Crippen LogP contribution in [0, 0.1) is 0 Å². The molecule has 68 valence electrons. The van der Waals surface area contributed by atoms with Gasteiger partial charge in [0.15, 0.2) is 0 Å². The molecule has 0 fully saturated rings. The van der Waals surface area contributed by atoms with Crippen LogP contribution in [0.15, 0.2) is 24.5 Å². The van der Waals surface area contributed by atoms with E-state index in [0.717, 1.165) is 0 Å². The molecule has 0 spiro atoms. The summed E-state index contributed by atoms with van der Waals surface area (Å²) < 4.78 is 0. The molecule has 0 amide bonds. The normalized spacial score (nSPS) is 11.3. The second-order valence-corrected chi connectivity index (χ2v) is 2.29. The minimum absolute atomic E-state index is 0.419. The summed E-state index contributed by atoms with van der Waals surface area (Å²) in [4.78, 5) is 3.93. The second kappa shape index (κ2) is 6.80. The van der Waals surface area contributed by atoms with Crippen molar-refractivity contribution in [3.05, 3.63) is 30.1 Å². The molecule has 2 heteroatoms. The third-order valence-corrected chi connectivity index (χ3v) is 1.64. The fraction of sp³-hybridized carbons (Fsp3) is 0.500. The van der Waals surface area contributed by atoms with Crippen LogP contribution in [0.1, 0.15) is 32.4 Å². The maximum atomic E-state index is 3.93. The topological polar surface area (TPSA) is 24.9 Å². The van der Waals surface area contributed by atoms with E-state index in [4.69, 9.17) is 0 Å². The van der Waals surface area contributed by atoms with Crippen molar-refractivity contribution in [3.63, 3.8) is 0 Å². The van der Waals surface area contributed by atoms with Gasteiger partial charge in [-0.3, -0.25) is 4.98 Å². The third-order valence-electron chi connectivity index (χ3n) is 1.64. The lowest BCUT2D eigenvalue weighted by molar-refractivity contribution is 0.651. The number of nitrogens with one attached hydrogen (secondary N) is 1. The molecule has 1 aromatic heterocycles. The minimum Gasteiger partial charge on any atom is -0.313 e. The number of pyridine rings is 1. The summed E-state index contributed by atoms with van der Waals surface area (Å²) in [5.41, 5.74) is 1.28. The smallest absolute Gasteiger partial charge is 0.0290 e. The number of nitrogens with zero attached hydrogens (tertiary/aromatic N) is 1. The van der Waals surface area contributed by atoms with Gasteiger partial charge in [0.2, 0.25) is 0 Å². The zero-order valence-electron chi connectivity index (χ0n) is 8.33. The Morgan fingerprint density at radius 2 is 1.75 bits per heavy atom. The number of rotatable bonds is 2. The van der Waals surface area contributed by atoms with Crippen molar-refractivity contribution in [1.29, 1.82) is 0 Å². The third kappa shape index (κ3) is 3.49. The van der Waals surface area contributed by atoms with E-state index >= 15 is 0 Å². The lowest BCUT2D eigenvalue weighted by Gasteiger charge is -2.08. The highest BCUT2D eigenvalue weighted by atomic mass is 14.9. The molecule has 0 saturated carbocycles. The van der Waals surface area contributed by atoms with E-state index in [1.54, 1.807) is 0 Å². The first-order valence-electron chi connectivity index (χ1n) is 4.42. The summed E-state index contributed by atoms with van der Waals surface area (Å²) >= 11 is 0. The van der Waals surface area contributed by atoms with Gasteiger partial charge in [0.1, 0.15) is 0 Å². The average Bonchev–Trinajstić information content (AvgIpc) is 2.21. The van der Waals surface area contributed by atoms with Gasteiger partial charge in [0.05, 0.1) is 0 Å². The van der Waals surface area contributed by atoms with Crippen LogP contribution in [0.3, 0.4) is 0 Å². The molecule has 12 heavy (non-hydrogen) atoms. The molecule has 1 rings (SSSR count). The number of aromatic nitrogens is 1. The summed E-state index contributed by atoms with van der Waals surface area (Å²) in [6.45, 7) is 6.12. The van der Waals surface area contributed by atoms with Gasteiger partial charge in [-0.1, -0.05) is 13.8 Å². The highest BCUT2D eigenvalue weighted by molar-refractivity contribution is 5.13. The van der Waals surface area contributed by atoms with Gasteiger partial charge in [-0.05, 0) is 31.7 Å². The van der Waals surface area contributed by atoms with Gasteiger partial charge in [-0.15, -0.1) is 0 Å². The summed E-state index contributed by atoms with van der Waals surface area (Å²) in [6, 6.07) is 4.45. The van der Waals surface area contributed by atoms with Crippen molar-refractivity contribution in [1.82, 2.24) is 10.3 Å². The molecule has 0 aliphatic rings. The van der Waals surface area contributed by atoms with Gasteiger partial charge in [0, 0.05) is 18.4 Å². The molecule has 0 aromatic carbocycles. The Balaban J connectivity index is 0.000000561. The van der Waals surface area contributed by atoms with Crippen molar-refractivity contribution in [2.45, 2.75) is 26.8 Å². The molecule has 1 atom stereocenters. The van der Waals surface area contributed by atoms with Gasteiger partial charge < -0.3 is 5.32 Å². The fourth-order valence-corrected chi connectivity index (χ4v) is 0.819. The summed E-state index contributed by atoms with van der Waals surface area (Å²) in [5.74, 6) is 0. The molecule has 0 aliphatic heterocycles. The minimum atomic E-state index is 0.419. The molecule has 1 aromatic rings. The van der Waals surface area contributed by atoms with Crippen molar-refractivity contribution < 1.29 is 0 Å². The van der Waals surface area contributed by atoms with Crippen LogP contribution in [-0.2, 0) is 0 Å². The summed E-state index contributed by atoms with van der Waals surface area (Å²) in [7, 11) is 1.95. The van der Waals surface area contributed by atoms with Gasteiger partial charge >= 0.3 is 0 Å². The van der Waals surface area contributed by atoms with E-state index in [9.17, 15) is 0 Å². The largest absolute Gasteiger partial charge is 0.313 e. The van der Waals surface area contributed by atoms with Crippen LogP contribution in [0.4, 0.5) is 0 Å². The predicted octanol–water partition coefficient (Wildman–Crippen LogP) is 2.39. The highest BCUT2D eigenvalue weighted by Gasteiger charge is 1.98. The zero-order valence-corrected chi connectivity index (χ0v) is 8.33. The van der Waals surface area contributed by atoms with E-state index in [1.807, 2.05) is 45.4 Å². The Bertz CT molecular complexity index is 184. The van der Waals surface area contributed by atoms with E-state index in [1.165, 1.54) is 5.56 Å². The quantitative estimate of drug-likeness (QED) is 0.729. The second-order valence-electron chi connectivity index (χ2n) is 2.29. The highest BCUT2D eigenvalue weighted by Crippen LogP contribution is 2.08. The predicted molar refractivity (Wildman–Crippen MR) is 53.1 cm³/mol. The van der Waals surface area contributed by atoms with Gasteiger partial charge in [0.25, 0.3) is 0 Å². The van der Waals surface area contributed by atoms with Crippen molar-refractivity contribution in [2.75, 3.05) is 7.05 Å². The molecule has 0 saturated heterocycles. The lowest BCUT2D eigenvalue weighted by Crippen LogP contribution is -2.11. The Labute approximate surface area is 75.0 Å². The van der Waals surface area contributed by atoms with Gasteiger partial charge in [-0.2, -0.15) is 0 Å². The number of hydrogen-bond acceptors (Lipinski definition) is 2. The Morgan fingerprint density at radius 3 is 2.17 bits per heavy atom.